The van der Waals surface area contributed by atoms with Crippen LogP contribution in [0.2, 0.25) is 0 Å². The van der Waals surface area contributed by atoms with E-state index in [1.165, 1.54) is 7.11 Å². The van der Waals surface area contributed by atoms with E-state index in [0.29, 0.717) is 24.4 Å². The van der Waals surface area contributed by atoms with Crippen LogP contribution < -0.4 is 5.32 Å². The third kappa shape index (κ3) is 5.89. The zero-order chi connectivity index (χ0) is 14.3. The highest BCUT2D eigenvalue weighted by molar-refractivity contribution is 5.71. The lowest BCUT2D eigenvalue weighted by atomic mass is 9.85. The number of nitrogens with one attached hydrogen (secondary N) is 1. The number of esters is 1. The summed E-state index contributed by atoms with van der Waals surface area (Å²) in [6, 6.07) is 0.400. The van der Waals surface area contributed by atoms with Crippen LogP contribution in [0, 0.1) is 11.8 Å². The van der Waals surface area contributed by atoms with Gasteiger partial charge in [-0.3, -0.25) is 9.69 Å². The second-order valence-corrected chi connectivity index (χ2v) is 5.74. The Balaban J connectivity index is 2.50. The molecular formula is C14H28N2O3. The van der Waals surface area contributed by atoms with Crippen molar-refractivity contribution in [2.45, 2.75) is 32.7 Å². The number of aliphatic hydroxyl groups excluding tert-OH is 1. The van der Waals surface area contributed by atoms with Crippen molar-refractivity contribution in [3.8, 4) is 0 Å². The average Bonchev–Trinajstić information content (AvgIpc) is 2.38. The second kappa shape index (κ2) is 8.51. The van der Waals surface area contributed by atoms with E-state index in [4.69, 9.17) is 9.84 Å². The quantitative estimate of drug-likeness (QED) is 0.521. The maximum absolute atomic E-state index is 11.4. The normalized spacial score (nSPS) is 24.7. The molecule has 19 heavy (non-hydrogen) atoms. The van der Waals surface area contributed by atoms with Crippen molar-refractivity contribution in [2.24, 2.45) is 11.8 Å². The van der Waals surface area contributed by atoms with Crippen molar-refractivity contribution in [2.75, 3.05) is 39.9 Å². The number of hydrogen-bond acceptors (Lipinski definition) is 5. The first-order valence-electron chi connectivity index (χ1n) is 7.20. The standard InChI is InChI=1S/C14H28N2O3/c1-11(2)12-7-13(15-5-4-6-17)9-16(8-12)10-14(18)19-3/h11-13,15,17H,4-10H2,1-3H3. The number of carbonyl (C=O) groups is 1. The van der Waals surface area contributed by atoms with Gasteiger partial charge in [-0.05, 0) is 31.2 Å². The molecule has 112 valence electrons. The number of nitrogens with zero attached hydrogens (tertiary/aromatic N) is 1. The van der Waals surface area contributed by atoms with E-state index in [0.717, 1.165) is 32.5 Å². The Morgan fingerprint density at radius 2 is 2.21 bits per heavy atom. The van der Waals surface area contributed by atoms with Gasteiger partial charge in [-0.25, -0.2) is 0 Å². The summed E-state index contributed by atoms with van der Waals surface area (Å²) in [7, 11) is 1.43. The van der Waals surface area contributed by atoms with Gasteiger partial charge in [0, 0.05) is 25.7 Å². The van der Waals surface area contributed by atoms with Gasteiger partial charge in [-0.1, -0.05) is 13.8 Å². The van der Waals surface area contributed by atoms with Crippen LogP contribution in [0.5, 0.6) is 0 Å². The van der Waals surface area contributed by atoms with Crippen LogP contribution in [0.15, 0.2) is 0 Å². The summed E-state index contributed by atoms with van der Waals surface area (Å²) >= 11 is 0. The first-order valence-corrected chi connectivity index (χ1v) is 7.20. The van der Waals surface area contributed by atoms with Crippen molar-refractivity contribution >= 4 is 5.97 Å². The number of aliphatic hydroxyl groups is 1. The predicted molar refractivity (Wildman–Crippen MR) is 74.9 cm³/mol. The van der Waals surface area contributed by atoms with Crippen LogP contribution in [0.4, 0.5) is 0 Å². The number of methoxy groups -OCH3 is 1. The Hall–Kier alpha value is -0.650. The monoisotopic (exact) mass is 272 g/mol. The summed E-state index contributed by atoms with van der Waals surface area (Å²) in [5.74, 6) is 1.05. The van der Waals surface area contributed by atoms with Crippen molar-refractivity contribution < 1.29 is 14.6 Å². The van der Waals surface area contributed by atoms with E-state index >= 15 is 0 Å². The summed E-state index contributed by atoms with van der Waals surface area (Å²) in [5, 5.41) is 12.3. The molecule has 1 fully saturated rings. The fraction of sp³-hybridized carbons (Fsp3) is 0.929. The van der Waals surface area contributed by atoms with Crippen molar-refractivity contribution in [3.05, 3.63) is 0 Å². The van der Waals surface area contributed by atoms with Gasteiger partial charge in [0.2, 0.25) is 0 Å². The van der Waals surface area contributed by atoms with Crippen LogP contribution >= 0.6 is 0 Å². The Bertz CT molecular complexity index is 271. The van der Waals surface area contributed by atoms with E-state index in [1.54, 1.807) is 0 Å². The highest BCUT2D eigenvalue weighted by atomic mass is 16.5. The van der Waals surface area contributed by atoms with E-state index < -0.39 is 0 Å². The molecule has 0 aromatic heterocycles. The Morgan fingerprint density at radius 1 is 1.47 bits per heavy atom. The minimum atomic E-state index is -0.168. The van der Waals surface area contributed by atoms with E-state index in [2.05, 4.69) is 24.1 Å². The molecule has 0 spiro atoms. The number of rotatable bonds is 7. The van der Waals surface area contributed by atoms with Gasteiger partial charge in [0.05, 0.1) is 13.7 Å². The van der Waals surface area contributed by atoms with Gasteiger partial charge in [-0.15, -0.1) is 0 Å². The molecule has 1 aliphatic heterocycles. The highest BCUT2D eigenvalue weighted by Gasteiger charge is 2.29. The molecule has 0 aliphatic carbocycles. The number of ether oxygens (including phenoxy) is 1. The first-order chi connectivity index (χ1) is 9.06. The summed E-state index contributed by atoms with van der Waals surface area (Å²) < 4.78 is 4.75. The Labute approximate surface area is 116 Å². The lowest BCUT2D eigenvalue weighted by Crippen LogP contribution is -2.51. The molecule has 0 radical (unpaired) electrons. The molecule has 1 rings (SSSR count). The van der Waals surface area contributed by atoms with E-state index in [1.807, 2.05) is 0 Å². The molecule has 1 heterocycles. The first kappa shape index (κ1) is 16.4. The lowest BCUT2D eigenvalue weighted by Gasteiger charge is -2.39. The van der Waals surface area contributed by atoms with Crippen LogP contribution in [0.1, 0.15) is 26.7 Å². The molecule has 2 N–H and O–H groups in total. The summed E-state index contributed by atoms with van der Waals surface area (Å²) in [6.07, 6.45) is 1.92. The number of carbonyl (C=O) groups excluding carboxylic acids is 1. The molecule has 5 nitrogen and oxygen atoms in total. The minimum Gasteiger partial charge on any atom is -0.468 e. The number of piperidine rings is 1. The van der Waals surface area contributed by atoms with Gasteiger partial charge >= 0.3 is 5.97 Å². The molecule has 2 atom stereocenters. The minimum absolute atomic E-state index is 0.168. The summed E-state index contributed by atoms with van der Waals surface area (Å²) in [4.78, 5) is 13.6. The molecule has 1 aliphatic rings. The zero-order valence-electron chi connectivity index (χ0n) is 12.4. The average molecular weight is 272 g/mol. The van der Waals surface area contributed by atoms with Gasteiger partial charge in [0.15, 0.2) is 0 Å². The van der Waals surface area contributed by atoms with Crippen LogP contribution in [-0.4, -0.2) is 61.9 Å². The van der Waals surface area contributed by atoms with Gasteiger partial charge in [0.25, 0.3) is 0 Å². The van der Waals surface area contributed by atoms with E-state index in [-0.39, 0.29) is 12.6 Å². The third-order valence-corrected chi connectivity index (χ3v) is 3.85. The molecule has 2 unspecified atom stereocenters. The van der Waals surface area contributed by atoms with Crippen molar-refractivity contribution in [1.82, 2.24) is 10.2 Å². The topological polar surface area (TPSA) is 61.8 Å². The van der Waals surface area contributed by atoms with Crippen LogP contribution in [-0.2, 0) is 9.53 Å². The molecule has 1 saturated heterocycles. The molecule has 0 aromatic carbocycles. The maximum atomic E-state index is 11.4. The Kier molecular flexibility index (Phi) is 7.34. The highest BCUT2D eigenvalue weighted by Crippen LogP contribution is 2.23. The molecule has 0 amide bonds. The predicted octanol–water partition coefficient (Wildman–Crippen LogP) is 0.478. The number of hydrogen-bond donors (Lipinski definition) is 2. The van der Waals surface area contributed by atoms with Gasteiger partial charge < -0.3 is 15.2 Å². The fourth-order valence-corrected chi connectivity index (χ4v) is 2.62. The van der Waals surface area contributed by atoms with Crippen molar-refractivity contribution in [3.63, 3.8) is 0 Å². The second-order valence-electron chi connectivity index (χ2n) is 5.74. The summed E-state index contributed by atoms with van der Waals surface area (Å²) in [5.41, 5.74) is 0. The van der Waals surface area contributed by atoms with Crippen LogP contribution in [0.25, 0.3) is 0 Å². The largest absolute Gasteiger partial charge is 0.468 e. The smallest absolute Gasteiger partial charge is 0.319 e. The maximum Gasteiger partial charge on any atom is 0.319 e. The third-order valence-electron chi connectivity index (χ3n) is 3.85. The summed E-state index contributed by atoms with van der Waals surface area (Å²) in [6.45, 7) is 7.73. The SMILES string of the molecule is COC(=O)CN1CC(NCCCO)CC(C(C)C)C1. The van der Waals surface area contributed by atoms with Gasteiger partial charge in [0.1, 0.15) is 0 Å². The molecule has 0 bridgehead atoms. The molecule has 5 heteroatoms. The van der Waals surface area contributed by atoms with E-state index in [9.17, 15) is 4.79 Å². The van der Waals surface area contributed by atoms with Crippen LogP contribution in [0.3, 0.4) is 0 Å². The molecular weight excluding hydrogens is 244 g/mol. The van der Waals surface area contributed by atoms with Gasteiger partial charge in [-0.2, -0.15) is 0 Å². The zero-order valence-corrected chi connectivity index (χ0v) is 12.4. The number of likely N-dealkylation sites (tertiary alicyclic amines) is 1. The Morgan fingerprint density at radius 3 is 2.79 bits per heavy atom. The van der Waals surface area contributed by atoms with Crippen molar-refractivity contribution in [1.29, 1.82) is 0 Å². The lowest BCUT2D eigenvalue weighted by molar-refractivity contribution is -0.142. The fourth-order valence-electron chi connectivity index (χ4n) is 2.62. The molecule has 0 aromatic rings. The molecule has 0 saturated carbocycles.